The van der Waals surface area contributed by atoms with Gasteiger partial charge in [0.05, 0.1) is 11.2 Å². The van der Waals surface area contributed by atoms with E-state index in [-0.39, 0.29) is 18.3 Å². The molecule has 0 aromatic heterocycles. The highest BCUT2D eigenvalue weighted by Crippen LogP contribution is 2.40. The Kier molecular flexibility index (Phi) is 7.18. The molecular weight excluding hydrogens is 371 g/mol. The molecule has 1 aromatic rings. The minimum absolute atomic E-state index is 0.143. The molecule has 2 aliphatic rings. The minimum Gasteiger partial charge on any atom is -0.403 e. The molecule has 0 radical (unpaired) electrons. The highest BCUT2D eigenvalue weighted by Gasteiger charge is 2.51. The standard InChI is InChI=1S/C25H41BO2Si/c1-24(2)25(3,4)28-26(27-24)20-23(19-21-15-11-8-7-9-12-16-21)29(5,6)22-17-13-10-14-18-22/h10,13-14,17-19,21H,7-9,11-12,15-16,20H2,1-6H3/b23-19+. The second kappa shape index (κ2) is 9.11. The van der Waals surface area contributed by atoms with Crippen LogP contribution in [0.25, 0.3) is 0 Å². The van der Waals surface area contributed by atoms with Gasteiger partial charge in [-0.3, -0.25) is 0 Å². The Labute approximate surface area is 180 Å². The van der Waals surface area contributed by atoms with E-state index in [2.05, 4.69) is 77.2 Å². The van der Waals surface area contributed by atoms with Gasteiger partial charge in [-0.05, 0) is 46.5 Å². The molecule has 0 amide bonds. The molecule has 29 heavy (non-hydrogen) atoms. The molecule has 160 valence electrons. The van der Waals surface area contributed by atoms with Crippen molar-refractivity contribution in [2.75, 3.05) is 0 Å². The maximum Gasteiger partial charge on any atom is 0.461 e. The first kappa shape index (κ1) is 22.8. The van der Waals surface area contributed by atoms with Crippen LogP contribution in [-0.4, -0.2) is 26.4 Å². The molecule has 1 aliphatic heterocycles. The van der Waals surface area contributed by atoms with Crippen LogP contribution < -0.4 is 5.19 Å². The zero-order valence-electron chi connectivity index (χ0n) is 19.6. The Bertz CT molecular complexity index is 672. The molecule has 1 aromatic carbocycles. The largest absolute Gasteiger partial charge is 0.461 e. The summed E-state index contributed by atoms with van der Waals surface area (Å²) >= 11 is 0. The molecular formula is C25H41BO2Si. The average Bonchev–Trinajstić information content (AvgIpc) is 2.83. The molecule has 2 fully saturated rings. The number of benzene rings is 1. The summed E-state index contributed by atoms with van der Waals surface area (Å²) in [6.45, 7) is 13.6. The van der Waals surface area contributed by atoms with Gasteiger partial charge in [0.2, 0.25) is 0 Å². The van der Waals surface area contributed by atoms with Crippen molar-refractivity contribution in [3.63, 3.8) is 0 Å². The van der Waals surface area contributed by atoms with Gasteiger partial charge in [-0.15, -0.1) is 0 Å². The SMILES string of the molecule is CC1(C)OB(C/C(=C\C2CCCCCCC2)[Si](C)(C)c2ccccc2)OC1(C)C. The van der Waals surface area contributed by atoms with Crippen LogP contribution in [0.15, 0.2) is 41.6 Å². The lowest BCUT2D eigenvalue weighted by Gasteiger charge is -2.32. The molecule has 1 aliphatic carbocycles. The van der Waals surface area contributed by atoms with Crippen molar-refractivity contribution in [2.24, 2.45) is 5.92 Å². The fraction of sp³-hybridized carbons (Fsp3) is 0.680. The Hall–Kier alpha value is -0.838. The van der Waals surface area contributed by atoms with Crippen molar-refractivity contribution in [3.05, 3.63) is 41.6 Å². The second-order valence-electron chi connectivity index (χ2n) is 10.7. The molecule has 1 saturated carbocycles. The molecule has 0 N–H and O–H groups in total. The van der Waals surface area contributed by atoms with Crippen molar-refractivity contribution in [3.8, 4) is 0 Å². The summed E-state index contributed by atoms with van der Waals surface area (Å²) in [5.74, 6) is 0.711. The summed E-state index contributed by atoms with van der Waals surface area (Å²) in [5, 5.41) is 3.11. The quantitative estimate of drug-likeness (QED) is 0.513. The van der Waals surface area contributed by atoms with Gasteiger partial charge in [0.25, 0.3) is 0 Å². The van der Waals surface area contributed by atoms with Crippen LogP contribution >= 0.6 is 0 Å². The second-order valence-corrected chi connectivity index (χ2v) is 15.1. The van der Waals surface area contributed by atoms with Crippen molar-refractivity contribution < 1.29 is 9.31 Å². The third-order valence-corrected chi connectivity index (χ3v) is 11.3. The minimum atomic E-state index is -1.78. The van der Waals surface area contributed by atoms with Gasteiger partial charge in [-0.2, -0.15) is 0 Å². The summed E-state index contributed by atoms with van der Waals surface area (Å²) in [4.78, 5) is 0. The van der Waals surface area contributed by atoms with E-state index in [4.69, 9.17) is 9.31 Å². The average molecular weight is 412 g/mol. The van der Waals surface area contributed by atoms with Crippen LogP contribution in [0.5, 0.6) is 0 Å². The normalized spacial score (nSPS) is 23.7. The molecule has 0 spiro atoms. The van der Waals surface area contributed by atoms with E-state index in [1.165, 1.54) is 50.1 Å². The highest BCUT2D eigenvalue weighted by molar-refractivity contribution is 6.96. The maximum absolute atomic E-state index is 6.42. The van der Waals surface area contributed by atoms with Gasteiger partial charge in [0.1, 0.15) is 8.07 Å². The lowest BCUT2D eigenvalue weighted by Crippen LogP contribution is -2.45. The van der Waals surface area contributed by atoms with Crippen LogP contribution in [0.2, 0.25) is 19.4 Å². The Morgan fingerprint density at radius 1 is 0.931 bits per heavy atom. The fourth-order valence-corrected chi connectivity index (χ4v) is 7.46. The van der Waals surface area contributed by atoms with E-state index in [1.807, 2.05) is 0 Å². The van der Waals surface area contributed by atoms with Gasteiger partial charge in [0, 0.05) is 6.32 Å². The Balaban J connectivity index is 1.88. The Morgan fingerprint density at radius 2 is 1.45 bits per heavy atom. The monoisotopic (exact) mass is 412 g/mol. The first-order chi connectivity index (χ1) is 13.6. The smallest absolute Gasteiger partial charge is 0.403 e. The number of hydrogen-bond donors (Lipinski definition) is 0. The number of hydrogen-bond acceptors (Lipinski definition) is 2. The molecule has 4 heteroatoms. The molecule has 3 rings (SSSR count). The highest BCUT2D eigenvalue weighted by atomic mass is 28.3. The number of allylic oxidation sites excluding steroid dienone is 2. The van der Waals surface area contributed by atoms with Crippen LogP contribution in [-0.2, 0) is 9.31 Å². The summed E-state index contributed by atoms with van der Waals surface area (Å²) < 4.78 is 12.8. The lowest BCUT2D eigenvalue weighted by molar-refractivity contribution is 0.00578. The molecule has 0 bridgehead atoms. The summed E-state index contributed by atoms with van der Waals surface area (Å²) in [6, 6.07) is 11.1. The van der Waals surface area contributed by atoms with E-state index >= 15 is 0 Å². The van der Waals surface area contributed by atoms with Crippen LogP contribution in [0, 0.1) is 5.92 Å². The third kappa shape index (κ3) is 5.45. The van der Waals surface area contributed by atoms with Crippen molar-refractivity contribution in [1.29, 1.82) is 0 Å². The molecule has 1 heterocycles. The zero-order valence-corrected chi connectivity index (χ0v) is 20.6. The Morgan fingerprint density at radius 3 is 2.00 bits per heavy atom. The predicted molar refractivity (Wildman–Crippen MR) is 128 cm³/mol. The zero-order chi connectivity index (χ0) is 21.1. The molecule has 1 saturated heterocycles. The topological polar surface area (TPSA) is 18.5 Å². The van der Waals surface area contributed by atoms with E-state index in [0.717, 1.165) is 6.32 Å². The third-order valence-electron chi connectivity index (χ3n) is 7.57. The fourth-order valence-electron chi connectivity index (χ4n) is 4.74. The van der Waals surface area contributed by atoms with Crippen LogP contribution in [0.3, 0.4) is 0 Å². The molecule has 0 atom stereocenters. The van der Waals surface area contributed by atoms with Crippen molar-refractivity contribution >= 4 is 20.4 Å². The lowest BCUT2D eigenvalue weighted by atomic mass is 9.83. The number of rotatable bonds is 5. The van der Waals surface area contributed by atoms with E-state index in [9.17, 15) is 0 Å². The van der Waals surface area contributed by atoms with Crippen molar-refractivity contribution in [1.82, 2.24) is 0 Å². The van der Waals surface area contributed by atoms with Gasteiger partial charge in [-0.25, -0.2) is 0 Å². The molecule has 2 nitrogen and oxygen atoms in total. The summed E-state index contributed by atoms with van der Waals surface area (Å²) in [7, 11) is -1.92. The van der Waals surface area contributed by atoms with E-state index in [0.29, 0.717) is 5.92 Å². The van der Waals surface area contributed by atoms with Crippen LogP contribution in [0.4, 0.5) is 0 Å². The van der Waals surface area contributed by atoms with Crippen LogP contribution in [0.1, 0.15) is 72.6 Å². The van der Waals surface area contributed by atoms with E-state index in [1.54, 1.807) is 5.20 Å². The van der Waals surface area contributed by atoms with E-state index < -0.39 is 8.07 Å². The first-order valence-corrected chi connectivity index (χ1v) is 14.7. The van der Waals surface area contributed by atoms with Gasteiger partial charge in [0.15, 0.2) is 0 Å². The van der Waals surface area contributed by atoms with Gasteiger partial charge < -0.3 is 9.31 Å². The maximum atomic E-state index is 6.42. The molecule has 0 unspecified atom stereocenters. The van der Waals surface area contributed by atoms with Gasteiger partial charge >= 0.3 is 7.12 Å². The first-order valence-electron chi connectivity index (χ1n) is 11.7. The van der Waals surface area contributed by atoms with Crippen molar-refractivity contribution in [2.45, 2.75) is 103 Å². The summed E-state index contributed by atoms with van der Waals surface area (Å²) in [5.41, 5.74) is -0.525. The predicted octanol–water partition coefficient (Wildman–Crippen LogP) is 6.52. The van der Waals surface area contributed by atoms with Gasteiger partial charge in [-0.1, -0.05) is 92.0 Å². The summed E-state index contributed by atoms with van der Waals surface area (Å²) in [6.07, 6.45) is 13.2.